The standard InChI is InChI=1S/C19H16N2O2/c22-21(23)18-9-5-4-8-16(18)17-11-13-20-12-10-15(19(17)20)14-6-2-1-3-7-14/h1-10,12,17H,11,13H2. The fourth-order valence-electron chi connectivity index (χ4n) is 3.59. The summed E-state index contributed by atoms with van der Waals surface area (Å²) in [4.78, 5) is 11.1. The number of benzene rings is 2. The fourth-order valence-corrected chi connectivity index (χ4v) is 3.59. The maximum Gasteiger partial charge on any atom is 0.273 e. The van der Waals surface area contributed by atoms with Crippen molar-refractivity contribution in [1.29, 1.82) is 0 Å². The van der Waals surface area contributed by atoms with Crippen LogP contribution in [0.1, 0.15) is 23.6 Å². The number of rotatable bonds is 3. The van der Waals surface area contributed by atoms with Crippen LogP contribution in [-0.4, -0.2) is 9.49 Å². The molecule has 1 unspecified atom stereocenters. The summed E-state index contributed by atoms with van der Waals surface area (Å²) in [6, 6.07) is 19.4. The SMILES string of the molecule is O=[N+]([O-])c1ccccc1C1CCn2ccc(-c3ccccc3)c21. The Morgan fingerprint density at radius 3 is 2.52 bits per heavy atom. The Hall–Kier alpha value is -2.88. The zero-order valence-corrected chi connectivity index (χ0v) is 12.6. The third-order valence-corrected chi connectivity index (χ3v) is 4.59. The summed E-state index contributed by atoms with van der Waals surface area (Å²) in [6.45, 7) is 0.902. The van der Waals surface area contributed by atoms with Gasteiger partial charge in [-0.25, -0.2) is 0 Å². The molecule has 3 aromatic rings. The van der Waals surface area contributed by atoms with Crippen molar-refractivity contribution in [2.24, 2.45) is 0 Å². The highest BCUT2D eigenvalue weighted by Gasteiger charge is 2.31. The van der Waals surface area contributed by atoms with Crippen molar-refractivity contribution >= 4 is 5.69 Å². The second-order valence-electron chi connectivity index (χ2n) is 5.83. The van der Waals surface area contributed by atoms with E-state index >= 15 is 0 Å². The molecule has 4 heteroatoms. The first-order valence-electron chi connectivity index (χ1n) is 7.73. The highest BCUT2D eigenvalue weighted by atomic mass is 16.6. The molecule has 1 atom stereocenters. The van der Waals surface area contributed by atoms with E-state index < -0.39 is 0 Å². The number of hydrogen-bond acceptors (Lipinski definition) is 2. The van der Waals surface area contributed by atoms with Gasteiger partial charge in [-0.15, -0.1) is 0 Å². The van der Waals surface area contributed by atoms with Crippen molar-refractivity contribution in [3.05, 3.63) is 88.2 Å². The molecule has 2 aromatic carbocycles. The Labute approximate surface area is 134 Å². The van der Waals surface area contributed by atoms with Crippen LogP contribution in [0, 0.1) is 10.1 Å². The van der Waals surface area contributed by atoms with Gasteiger partial charge in [0, 0.05) is 41.5 Å². The van der Waals surface area contributed by atoms with Crippen molar-refractivity contribution in [1.82, 2.24) is 4.57 Å². The molecule has 23 heavy (non-hydrogen) atoms. The van der Waals surface area contributed by atoms with Crippen LogP contribution in [0.25, 0.3) is 11.1 Å². The maximum absolute atomic E-state index is 11.4. The van der Waals surface area contributed by atoms with Crippen molar-refractivity contribution in [3.63, 3.8) is 0 Å². The molecule has 0 aliphatic carbocycles. The van der Waals surface area contributed by atoms with Crippen molar-refractivity contribution in [2.45, 2.75) is 18.9 Å². The first kappa shape index (κ1) is 13.8. The van der Waals surface area contributed by atoms with Gasteiger partial charge in [0.25, 0.3) is 5.69 Å². The Morgan fingerprint density at radius 2 is 1.74 bits per heavy atom. The summed E-state index contributed by atoms with van der Waals surface area (Å²) >= 11 is 0. The van der Waals surface area contributed by atoms with Gasteiger partial charge in [0.1, 0.15) is 0 Å². The Balaban J connectivity index is 1.86. The van der Waals surface area contributed by atoms with Gasteiger partial charge in [0.05, 0.1) is 4.92 Å². The van der Waals surface area contributed by atoms with E-state index in [1.807, 2.05) is 30.3 Å². The monoisotopic (exact) mass is 304 g/mol. The van der Waals surface area contributed by atoms with E-state index in [-0.39, 0.29) is 16.5 Å². The Morgan fingerprint density at radius 1 is 1.00 bits per heavy atom. The average molecular weight is 304 g/mol. The van der Waals surface area contributed by atoms with Crippen molar-refractivity contribution < 1.29 is 4.92 Å². The smallest absolute Gasteiger partial charge is 0.273 e. The number of para-hydroxylation sites is 1. The van der Waals surface area contributed by atoms with E-state index in [9.17, 15) is 10.1 Å². The third-order valence-electron chi connectivity index (χ3n) is 4.59. The van der Waals surface area contributed by atoms with Crippen LogP contribution in [0.3, 0.4) is 0 Å². The van der Waals surface area contributed by atoms with E-state index in [2.05, 4.69) is 29.0 Å². The first-order valence-corrected chi connectivity index (χ1v) is 7.73. The minimum Gasteiger partial charge on any atom is -0.350 e. The van der Waals surface area contributed by atoms with Gasteiger partial charge in [-0.3, -0.25) is 10.1 Å². The molecule has 0 radical (unpaired) electrons. The molecule has 1 aromatic heterocycles. The van der Waals surface area contributed by atoms with Gasteiger partial charge in [-0.05, 0) is 18.1 Å². The first-order chi connectivity index (χ1) is 11.3. The van der Waals surface area contributed by atoms with Gasteiger partial charge in [0.15, 0.2) is 0 Å². The van der Waals surface area contributed by atoms with Gasteiger partial charge in [0.2, 0.25) is 0 Å². The fraction of sp³-hybridized carbons (Fsp3) is 0.158. The van der Waals surface area contributed by atoms with Crippen LogP contribution >= 0.6 is 0 Å². The van der Waals surface area contributed by atoms with Gasteiger partial charge in [-0.2, -0.15) is 0 Å². The largest absolute Gasteiger partial charge is 0.350 e. The van der Waals surface area contributed by atoms with Crippen molar-refractivity contribution in [2.75, 3.05) is 0 Å². The molecule has 0 saturated carbocycles. The molecular formula is C19H16N2O2. The van der Waals surface area contributed by atoms with Crippen LogP contribution in [0.2, 0.25) is 0 Å². The number of aryl methyl sites for hydroxylation is 1. The van der Waals surface area contributed by atoms with E-state index in [1.165, 1.54) is 11.3 Å². The highest BCUT2D eigenvalue weighted by molar-refractivity contribution is 5.69. The molecule has 4 nitrogen and oxygen atoms in total. The third kappa shape index (κ3) is 2.23. The van der Waals surface area contributed by atoms with Crippen LogP contribution in [0.4, 0.5) is 5.69 Å². The topological polar surface area (TPSA) is 48.1 Å². The molecule has 0 N–H and O–H groups in total. The Bertz CT molecular complexity index is 868. The number of fused-ring (bicyclic) bond motifs is 1. The lowest BCUT2D eigenvalue weighted by Crippen LogP contribution is -2.02. The molecule has 1 aliphatic rings. The molecule has 0 spiro atoms. The van der Waals surface area contributed by atoms with Crippen LogP contribution in [0.15, 0.2) is 66.9 Å². The molecule has 1 aliphatic heterocycles. The minimum atomic E-state index is -0.275. The number of nitro benzene ring substituents is 1. The Kier molecular flexibility index (Phi) is 3.23. The predicted octanol–water partition coefficient (Wildman–Crippen LogP) is 4.60. The van der Waals surface area contributed by atoms with E-state index in [1.54, 1.807) is 12.1 Å². The summed E-state index contributed by atoms with van der Waals surface area (Å²) in [6.07, 6.45) is 2.99. The van der Waals surface area contributed by atoms with E-state index in [4.69, 9.17) is 0 Å². The second-order valence-corrected chi connectivity index (χ2v) is 5.83. The van der Waals surface area contributed by atoms with Gasteiger partial charge < -0.3 is 4.57 Å². The van der Waals surface area contributed by atoms with E-state index in [0.29, 0.717) is 0 Å². The summed E-state index contributed by atoms with van der Waals surface area (Å²) in [7, 11) is 0. The number of nitro groups is 1. The number of nitrogens with zero attached hydrogens (tertiary/aromatic N) is 2. The molecule has 4 rings (SSSR count). The molecule has 0 amide bonds. The molecule has 0 saturated heterocycles. The molecule has 0 fully saturated rings. The van der Waals surface area contributed by atoms with Gasteiger partial charge in [-0.1, -0.05) is 48.5 Å². The average Bonchev–Trinajstić information content (AvgIpc) is 3.17. The van der Waals surface area contributed by atoms with Crippen LogP contribution < -0.4 is 0 Å². The lowest BCUT2D eigenvalue weighted by atomic mass is 9.89. The molecule has 114 valence electrons. The molecule has 0 bridgehead atoms. The number of hydrogen-bond donors (Lipinski definition) is 0. The molecular weight excluding hydrogens is 288 g/mol. The van der Waals surface area contributed by atoms with Crippen LogP contribution in [0.5, 0.6) is 0 Å². The summed E-state index contributed by atoms with van der Waals surface area (Å²) in [5.74, 6) is 0.0711. The van der Waals surface area contributed by atoms with Gasteiger partial charge >= 0.3 is 0 Å². The summed E-state index contributed by atoms with van der Waals surface area (Å²) < 4.78 is 2.23. The van der Waals surface area contributed by atoms with E-state index in [0.717, 1.165) is 24.1 Å². The summed E-state index contributed by atoms with van der Waals surface area (Å²) in [5, 5.41) is 11.4. The molecule has 2 heterocycles. The zero-order valence-electron chi connectivity index (χ0n) is 12.6. The number of aromatic nitrogens is 1. The summed E-state index contributed by atoms with van der Waals surface area (Å²) in [5.41, 5.74) is 4.54. The minimum absolute atomic E-state index is 0.0711. The quantitative estimate of drug-likeness (QED) is 0.524. The lowest BCUT2D eigenvalue weighted by Gasteiger charge is -2.13. The maximum atomic E-state index is 11.4. The predicted molar refractivity (Wildman–Crippen MR) is 89.4 cm³/mol. The highest BCUT2D eigenvalue weighted by Crippen LogP contribution is 2.43. The van der Waals surface area contributed by atoms with Crippen molar-refractivity contribution in [3.8, 4) is 11.1 Å². The normalized spacial score (nSPS) is 16.3. The second kappa shape index (κ2) is 5.39. The zero-order chi connectivity index (χ0) is 15.8. The van der Waals surface area contributed by atoms with Crippen LogP contribution in [-0.2, 0) is 6.54 Å². The lowest BCUT2D eigenvalue weighted by molar-refractivity contribution is -0.385.